The van der Waals surface area contributed by atoms with Crippen molar-refractivity contribution in [1.82, 2.24) is 15.2 Å². The third kappa shape index (κ3) is 2.16. The number of aromatic amines is 2. The highest BCUT2D eigenvalue weighted by Crippen LogP contribution is 2.36. The Morgan fingerprint density at radius 3 is 2.93 bits per heavy atom. The van der Waals surface area contributed by atoms with Crippen molar-refractivity contribution in [2.75, 3.05) is 6.54 Å². The van der Waals surface area contributed by atoms with Crippen molar-refractivity contribution >= 4 is 33.2 Å². The molecule has 1 aliphatic rings. The number of phenolic OH excluding ortho intramolecular Hbond substituents is 1. The van der Waals surface area contributed by atoms with E-state index in [4.69, 9.17) is 0 Å². The predicted octanol–water partition coefficient (Wildman–Crippen LogP) is 3.36. The van der Waals surface area contributed by atoms with E-state index in [1.807, 2.05) is 19.1 Å². The molecule has 0 fully saturated rings. The third-order valence-corrected chi connectivity index (χ3v) is 5.20. The van der Waals surface area contributed by atoms with Crippen molar-refractivity contribution < 1.29 is 10.0 Å². The van der Waals surface area contributed by atoms with Crippen LogP contribution >= 0.6 is 0 Å². The first kappa shape index (κ1) is 15.6. The second-order valence-corrected chi connectivity index (χ2v) is 6.67. The number of aromatic nitrogens is 3. The lowest BCUT2D eigenvalue weighted by atomic mass is 9.89. The van der Waals surface area contributed by atoms with Gasteiger partial charge in [0.25, 0.3) is 0 Å². The number of nitro groups is 1. The van der Waals surface area contributed by atoms with E-state index in [1.54, 1.807) is 12.1 Å². The number of aliphatic imine (C=N–C) groups is 1. The molecule has 8 heteroatoms. The number of hydrogen-bond donors (Lipinski definition) is 3. The van der Waals surface area contributed by atoms with Crippen LogP contribution in [-0.4, -0.2) is 37.5 Å². The van der Waals surface area contributed by atoms with Crippen molar-refractivity contribution in [3.05, 3.63) is 63.0 Å². The molecule has 0 atom stereocenters. The summed E-state index contributed by atoms with van der Waals surface area (Å²) in [4.78, 5) is 18.9. The Balaban J connectivity index is 1.83. The molecule has 5 rings (SSSR count). The van der Waals surface area contributed by atoms with Gasteiger partial charge in [0.15, 0.2) is 5.69 Å². The molecule has 3 heterocycles. The molecule has 27 heavy (non-hydrogen) atoms. The number of hydrogen-bond acceptors (Lipinski definition) is 5. The van der Waals surface area contributed by atoms with Crippen LogP contribution in [0.5, 0.6) is 5.75 Å². The standard InChI is InChI=1S/C19H15N5O3/c1-9-11-4-5-20-18(19-16(24(26)27)8-21-23-19)13(11)7-14-12-6-10(25)2-3-15(12)22-17(9)14/h2-3,6-8,22,25H,4-5H2,1H3,(H,21,23). The highest BCUT2D eigenvalue weighted by atomic mass is 16.6. The van der Waals surface area contributed by atoms with Gasteiger partial charge >= 0.3 is 5.69 Å². The Bertz CT molecular complexity index is 1280. The fourth-order valence-corrected chi connectivity index (χ4v) is 3.94. The number of rotatable bonds is 2. The van der Waals surface area contributed by atoms with Crippen LogP contribution in [0.2, 0.25) is 0 Å². The summed E-state index contributed by atoms with van der Waals surface area (Å²) in [7, 11) is 0. The number of phenols is 1. The molecule has 0 unspecified atom stereocenters. The van der Waals surface area contributed by atoms with Crippen LogP contribution in [0.4, 0.5) is 5.69 Å². The predicted molar refractivity (Wildman–Crippen MR) is 102 cm³/mol. The van der Waals surface area contributed by atoms with E-state index < -0.39 is 4.92 Å². The third-order valence-electron chi connectivity index (χ3n) is 5.20. The average Bonchev–Trinajstić information content (AvgIpc) is 3.27. The summed E-state index contributed by atoms with van der Waals surface area (Å²) in [6.07, 6.45) is 1.98. The molecule has 4 aromatic rings. The first-order chi connectivity index (χ1) is 13.0. The lowest BCUT2D eigenvalue weighted by Crippen LogP contribution is -2.17. The molecule has 1 aliphatic heterocycles. The lowest BCUT2D eigenvalue weighted by Gasteiger charge is -2.19. The molecule has 0 spiro atoms. The lowest BCUT2D eigenvalue weighted by molar-refractivity contribution is -0.385. The molecule has 2 aromatic heterocycles. The zero-order valence-electron chi connectivity index (χ0n) is 14.4. The summed E-state index contributed by atoms with van der Waals surface area (Å²) in [6, 6.07) is 7.21. The number of aromatic hydroxyl groups is 1. The average molecular weight is 361 g/mol. The minimum absolute atomic E-state index is 0.0871. The number of fused-ring (bicyclic) bond motifs is 4. The van der Waals surface area contributed by atoms with Crippen molar-refractivity contribution in [2.24, 2.45) is 4.99 Å². The van der Waals surface area contributed by atoms with E-state index in [2.05, 4.69) is 20.2 Å². The second-order valence-electron chi connectivity index (χ2n) is 6.67. The fraction of sp³-hybridized carbons (Fsp3) is 0.158. The van der Waals surface area contributed by atoms with E-state index >= 15 is 0 Å². The second kappa shape index (κ2) is 5.41. The first-order valence-electron chi connectivity index (χ1n) is 8.54. The van der Waals surface area contributed by atoms with Crippen molar-refractivity contribution in [3.63, 3.8) is 0 Å². The molecule has 0 radical (unpaired) electrons. The van der Waals surface area contributed by atoms with Crippen molar-refractivity contribution in [3.8, 4) is 5.75 Å². The van der Waals surface area contributed by atoms with E-state index in [9.17, 15) is 15.2 Å². The monoisotopic (exact) mass is 361 g/mol. The molecule has 3 N–H and O–H groups in total. The largest absolute Gasteiger partial charge is 0.508 e. The number of aryl methyl sites for hydroxylation is 1. The maximum Gasteiger partial charge on any atom is 0.316 e. The van der Waals surface area contributed by atoms with Crippen molar-refractivity contribution in [2.45, 2.75) is 13.3 Å². The van der Waals surface area contributed by atoms with Gasteiger partial charge in [0, 0.05) is 33.9 Å². The number of nitrogens with zero attached hydrogens (tertiary/aromatic N) is 3. The minimum Gasteiger partial charge on any atom is -0.508 e. The molecular formula is C19H15N5O3. The van der Waals surface area contributed by atoms with Crippen LogP contribution in [-0.2, 0) is 6.42 Å². The maximum absolute atomic E-state index is 11.3. The first-order valence-corrected chi connectivity index (χ1v) is 8.54. The Morgan fingerprint density at radius 2 is 2.11 bits per heavy atom. The molecule has 8 nitrogen and oxygen atoms in total. The summed E-state index contributed by atoms with van der Waals surface area (Å²) >= 11 is 0. The molecule has 0 bridgehead atoms. The van der Waals surface area contributed by atoms with Gasteiger partial charge in [-0.05, 0) is 48.7 Å². The zero-order chi connectivity index (χ0) is 18.7. The summed E-state index contributed by atoms with van der Waals surface area (Å²) in [5, 5.41) is 29.7. The molecule has 134 valence electrons. The van der Waals surface area contributed by atoms with Gasteiger partial charge in [-0.3, -0.25) is 20.2 Å². The highest BCUT2D eigenvalue weighted by molar-refractivity contribution is 6.19. The van der Waals surface area contributed by atoms with Crippen LogP contribution in [0.15, 0.2) is 35.5 Å². The van der Waals surface area contributed by atoms with Gasteiger partial charge in [0.1, 0.15) is 11.9 Å². The Labute approximate surface area is 152 Å². The van der Waals surface area contributed by atoms with Gasteiger partial charge in [-0.2, -0.15) is 5.10 Å². The van der Waals surface area contributed by atoms with Gasteiger partial charge in [-0.15, -0.1) is 0 Å². The minimum atomic E-state index is -0.454. The van der Waals surface area contributed by atoms with Crippen LogP contribution in [0.25, 0.3) is 21.8 Å². The van der Waals surface area contributed by atoms with E-state index in [-0.39, 0.29) is 11.4 Å². The highest BCUT2D eigenvalue weighted by Gasteiger charge is 2.27. The van der Waals surface area contributed by atoms with Crippen LogP contribution in [0.3, 0.4) is 0 Å². The van der Waals surface area contributed by atoms with Crippen LogP contribution in [0, 0.1) is 17.0 Å². The molecule has 2 aromatic carbocycles. The Kier molecular flexibility index (Phi) is 3.12. The smallest absolute Gasteiger partial charge is 0.316 e. The van der Waals surface area contributed by atoms with E-state index in [0.717, 1.165) is 44.9 Å². The summed E-state index contributed by atoms with van der Waals surface area (Å²) in [6.45, 7) is 2.60. The van der Waals surface area contributed by atoms with Crippen LogP contribution in [0.1, 0.15) is 22.4 Å². The quantitative estimate of drug-likeness (QED) is 0.374. The van der Waals surface area contributed by atoms with Gasteiger partial charge in [0.05, 0.1) is 10.6 Å². The fourth-order valence-electron chi connectivity index (χ4n) is 3.94. The summed E-state index contributed by atoms with van der Waals surface area (Å²) in [5.74, 6) is 0.192. The number of benzene rings is 2. The summed E-state index contributed by atoms with van der Waals surface area (Å²) < 4.78 is 0. The van der Waals surface area contributed by atoms with Gasteiger partial charge in [-0.25, -0.2) is 0 Å². The maximum atomic E-state index is 11.3. The normalized spacial score (nSPS) is 13.7. The SMILES string of the molecule is Cc1c2c(cc3c1[nH]c1ccc(O)cc13)C(c1[nH]ncc1[N+](=O)[O-])=NCC2. The molecule has 0 amide bonds. The number of H-pyrrole nitrogens is 2. The van der Waals surface area contributed by atoms with Gasteiger partial charge < -0.3 is 10.1 Å². The Hall–Kier alpha value is -3.68. The molecular weight excluding hydrogens is 346 g/mol. The topological polar surface area (TPSA) is 120 Å². The molecule has 0 saturated heterocycles. The Morgan fingerprint density at radius 1 is 1.26 bits per heavy atom. The van der Waals surface area contributed by atoms with E-state index in [1.165, 1.54) is 6.20 Å². The summed E-state index contributed by atoms with van der Waals surface area (Å²) in [5.41, 5.74) is 5.80. The number of nitrogens with one attached hydrogen (secondary N) is 2. The van der Waals surface area contributed by atoms with Gasteiger partial charge in [0.2, 0.25) is 0 Å². The van der Waals surface area contributed by atoms with Gasteiger partial charge in [-0.1, -0.05) is 0 Å². The van der Waals surface area contributed by atoms with Crippen molar-refractivity contribution in [1.29, 1.82) is 0 Å². The molecule has 0 saturated carbocycles. The van der Waals surface area contributed by atoms with E-state index in [0.29, 0.717) is 18.0 Å². The van der Waals surface area contributed by atoms with Crippen LogP contribution < -0.4 is 0 Å². The molecule has 0 aliphatic carbocycles. The zero-order valence-corrected chi connectivity index (χ0v) is 14.4.